The van der Waals surface area contributed by atoms with E-state index in [4.69, 9.17) is 15.1 Å². The van der Waals surface area contributed by atoms with Crippen LogP contribution in [0.2, 0.25) is 0 Å². The van der Waals surface area contributed by atoms with E-state index in [9.17, 15) is 4.79 Å². The Hall–Kier alpha value is -3.32. The molecule has 1 amide bonds. The minimum Gasteiger partial charge on any atom is -0.396 e. The van der Waals surface area contributed by atoms with Crippen molar-refractivity contribution < 1.29 is 9.90 Å². The predicted octanol–water partition coefficient (Wildman–Crippen LogP) is 5.05. The highest BCUT2D eigenvalue weighted by Gasteiger charge is 2.31. The Bertz CT molecular complexity index is 1260. The average molecular weight is 486 g/mol. The van der Waals surface area contributed by atoms with Crippen LogP contribution in [0.5, 0.6) is 0 Å². The molecule has 0 saturated carbocycles. The van der Waals surface area contributed by atoms with Crippen molar-refractivity contribution in [3.05, 3.63) is 65.1 Å². The summed E-state index contributed by atoms with van der Waals surface area (Å²) in [5.41, 5.74) is 6.99. The van der Waals surface area contributed by atoms with Crippen LogP contribution >= 0.6 is 0 Å². The van der Waals surface area contributed by atoms with Gasteiger partial charge in [0.15, 0.2) is 0 Å². The number of amides is 1. The normalized spacial score (nSPS) is 17.2. The molecule has 1 saturated heterocycles. The summed E-state index contributed by atoms with van der Waals surface area (Å²) in [6.45, 7) is 8.25. The Labute approximate surface area is 213 Å². The van der Waals surface area contributed by atoms with Crippen LogP contribution in [0.15, 0.2) is 42.7 Å². The van der Waals surface area contributed by atoms with Gasteiger partial charge in [-0.2, -0.15) is 0 Å². The lowest BCUT2D eigenvalue weighted by molar-refractivity contribution is 0.0678. The number of aliphatic hydroxyl groups excluding tert-OH is 1. The summed E-state index contributed by atoms with van der Waals surface area (Å²) in [6, 6.07) is 9.86. The number of piperidine rings is 1. The second-order valence-corrected chi connectivity index (χ2v) is 10.8. The van der Waals surface area contributed by atoms with Crippen LogP contribution in [0.1, 0.15) is 66.7 Å². The Balaban J connectivity index is 1.29. The molecule has 0 radical (unpaired) electrons. The Morgan fingerprint density at radius 3 is 2.72 bits per heavy atom. The third-order valence-electron chi connectivity index (χ3n) is 7.80. The van der Waals surface area contributed by atoms with Crippen molar-refractivity contribution in [2.75, 3.05) is 25.0 Å². The number of likely N-dealkylation sites (tertiary alicyclic amines) is 1. The largest absolute Gasteiger partial charge is 0.396 e. The second kappa shape index (κ2) is 9.97. The fourth-order valence-electron chi connectivity index (χ4n) is 5.41. The molecule has 1 aliphatic heterocycles. The number of aliphatic hydroxyl groups is 1. The summed E-state index contributed by atoms with van der Waals surface area (Å²) >= 11 is 0. The summed E-state index contributed by atoms with van der Waals surface area (Å²) < 4.78 is 0. The fraction of sp³-hybridized carbons (Fsp3) is 0.448. The molecule has 0 unspecified atom stereocenters. The van der Waals surface area contributed by atoms with Crippen molar-refractivity contribution in [1.29, 1.82) is 0 Å². The smallest absolute Gasteiger partial charge is 0.253 e. The molecule has 3 aromatic rings. The van der Waals surface area contributed by atoms with Gasteiger partial charge in [0.1, 0.15) is 0 Å². The highest BCUT2D eigenvalue weighted by atomic mass is 16.3. The van der Waals surface area contributed by atoms with Crippen LogP contribution in [0.25, 0.3) is 11.3 Å². The summed E-state index contributed by atoms with van der Waals surface area (Å²) in [7, 11) is 0. The number of anilines is 2. The first-order valence-corrected chi connectivity index (χ1v) is 12.9. The van der Waals surface area contributed by atoms with Crippen molar-refractivity contribution in [2.24, 2.45) is 5.92 Å². The lowest BCUT2D eigenvalue weighted by atomic mass is 9.86. The van der Waals surface area contributed by atoms with Gasteiger partial charge >= 0.3 is 0 Å². The maximum atomic E-state index is 13.0. The first-order valence-electron chi connectivity index (χ1n) is 12.9. The molecular weight excluding hydrogens is 450 g/mol. The van der Waals surface area contributed by atoms with Gasteiger partial charge in [-0.25, -0.2) is 9.97 Å². The molecule has 3 heterocycles. The maximum Gasteiger partial charge on any atom is 0.253 e. The minimum absolute atomic E-state index is 0.0670. The van der Waals surface area contributed by atoms with Crippen LogP contribution in [-0.4, -0.2) is 50.6 Å². The van der Waals surface area contributed by atoms with Gasteiger partial charge < -0.3 is 15.3 Å². The molecular formula is C29H35N5O2. The van der Waals surface area contributed by atoms with Gasteiger partial charge in [0.25, 0.3) is 5.91 Å². The molecule has 2 aliphatic rings. The molecule has 2 N–H and O–H groups in total. The van der Waals surface area contributed by atoms with Crippen LogP contribution in [-0.2, 0) is 11.8 Å². The van der Waals surface area contributed by atoms with Crippen molar-refractivity contribution in [3.8, 4) is 11.3 Å². The molecule has 1 aromatic carbocycles. The van der Waals surface area contributed by atoms with E-state index in [2.05, 4.69) is 30.2 Å². The number of carbonyl (C=O) groups is 1. The topological polar surface area (TPSA) is 91.2 Å². The van der Waals surface area contributed by atoms with E-state index < -0.39 is 0 Å². The Morgan fingerprint density at radius 2 is 1.97 bits per heavy atom. The predicted molar refractivity (Wildman–Crippen MR) is 141 cm³/mol. The summed E-state index contributed by atoms with van der Waals surface area (Å²) in [4.78, 5) is 28.8. The SMILES string of the molecule is Cc1cc(C(=O)N2CCC(CCO)CC2)ccc1Nc1nccc(-c2cnc3c(c2)C(C)(C)CC3)n1. The van der Waals surface area contributed by atoms with Crippen LogP contribution in [0, 0.1) is 12.8 Å². The second-order valence-electron chi connectivity index (χ2n) is 10.8. The van der Waals surface area contributed by atoms with Crippen molar-refractivity contribution in [2.45, 2.75) is 58.3 Å². The lowest BCUT2D eigenvalue weighted by Gasteiger charge is -2.32. The molecule has 7 nitrogen and oxygen atoms in total. The third kappa shape index (κ3) is 4.98. The Kier molecular flexibility index (Phi) is 6.75. The molecule has 5 rings (SSSR count). The zero-order chi connectivity index (χ0) is 25.3. The maximum absolute atomic E-state index is 13.0. The standard InChI is InChI=1S/C29H35N5O2/c1-19-16-21(27(36)34-13-8-20(9-14-34)10-15-35)4-5-24(19)32-28-30-12-7-25(33-28)22-17-23-26(31-18-22)6-11-29(23,2)3/h4-5,7,12,16-18,20,35H,6,8-11,13-15H2,1-3H3,(H,30,32,33). The number of aromatic nitrogens is 3. The lowest BCUT2D eigenvalue weighted by Crippen LogP contribution is -2.38. The minimum atomic E-state index is 0.0670. The van der Waals surface area contributed by atoms with Gasteiger partial charge in [0.2, 0.25) is 5.95 Å². The number of nitrogens with one attached hydrogen (secondary N) is 1. The molecule has 0 bridgehead atoms. The van der Waals surface area contributed by atoms with Gasteiger partial charge in [-0.3, -0.25) is 9.78 Å². The first kappa shape index (κ1) is 24.4. The number of hydrogen-bond donors (Lipinski definition) is 2. The molecule has 0 atom stereocenters. The van der Waals surface area contributed by atoms with Crippen LogP contribution < -0.4 is 5.32 Å². The number of benzene rings is 1. The van der Waals surface area contributed by atoms with E-state index in [0.717, 1.165) is 67.7 Å². The number of hydrogen-bond acceptors (Lipinski definition) is 6. The highest BCUT2D eigenvalue weighted by molar-refractivity contribution is 5.95. The number of aryl methyl sites for hydroxylation is 2. The van der Waals surface area contributed by atoms with E-state index in [1.807, 2.05) is 42.3 Å². The first-order chi connectivity index (χ1) is 17.3. The van der Waals surface area contributed by atoms with E-state index in [1.165, 1.54) is 11.3 Å². The molecule has 7 heteroatoms. The number of fused-ring (bicyclic) bond motifs is 1. The highest BCUT2D eigenvalue weighted by Crippen LogP contribution is 2.38. The molecule has 1 aliphatic carbocycles. The molecule has 2 aromatic heterocycles. The monoisotopic (exact) mass is 485 g/mol. The van der Waals surface area contributed by atoms with Crippen molar-refractivity contribution >= 4 is 17.5 Å². The van der Waals surface area contributed by atoms with Gasteiger partial charge in [0, 0.05) is 54.6 Å². The van der Waals surface area contributed by atoms with E-state index >= 15 is 0 Å². The van der Waals surface area contributed by atoms with Gasteiger partial charge in [-0.15, -0.1) is 0 Å². The number of carbonyl (C=O) groups excluding carboxylic acids is 1. The van der Waals surface area contributed by atoms with E-state index in [0.29, 0.717) is 17.4 Å². The molecule has 1 fully saturated rings. The van der Waals surface area contributed by atoms with Gasteiger partial charge in [-0.05, 0) is 91.8 Å². The number of rotatable bonds is 6. The van der Waals surface area contributed by atoms with Gasteiger partial charge in [0.05, 0.1) is 5.69 Å². The zero-order valence-electron chi connectivity index (χ0n) is 21.4. The summed E-state index contributed by atoms with van der Waals surface area (Å²) in [6.07, 6.45) is 8.55. The van der Waals surface area contributed by atoms with E-state index in [-0.39, 0.29) is 17.9 Å². The van der Waals surface area contributed by atoms with Crippen LogP contribution in [0.4, 0.5) is 11.6 Å². The molecule has 36 heavy (non-hydrogen) atoms. The van der Waals surface area contributed by atoms with E-state index in [1.54, 1.807) is 6.20 Å². The van der Waals surface area contributed by atoms with Crippen molar-refractivity contribution in [3.63, 3.8) is 0 Å². The van der Waals surface area contributed by atoms with Gasteiger partial charge in [-0.1, -0.05) is 13.8 Å². The van der Waals surface area contributed by atoms with Crippen LogP contribution in [0.3, 0.4) is 0 Å². The number of pyridine rings is 1. The Morgan fingerprint density at radius 1 is 1.17 bits per heavy atom. The average Bonchev–Trinajstić information content (AvgIpc) is 3.19. The summed E-state index contributed by atoms with van der Waals surface area (Å²) in [5, 5.41) is 12.5. The molecule has 188 valence electrons. The number of nitrogens with zero attached hydrogens (tertiary/aromatic N) is 4. The summed E-state index contributed by atoms with van der Waals surface area (Å²) in [5.74, 6) is 1.10. The van der Waals surface area contributed by atoms with Crippen molar-refractivity contribution in [1.82, 2.24) is 19.9 Å². The third-order valence-corrected chi connectivity index (χ3v) is 7.80. The fourth-order valence-corrected chi connectivity index (χ4v) is 5.41. The molecule has 0 spiro atoms. The quantitative estimate of drug-likeness (QED) is 0.508. The zero-order valence-corrected chi connectivity index (χ0v) is 21.4.